The number of piperidine rings is 1. The zero-order chi connectivity index (χ0) is 29.1. The summed E-state index contributed by atoms with van der Waals surface area (Å²) in [6, 6.07) is 17.7. The lowest BCUT2D eigenvalue weighted by Crippen LogP contribution is -2.49. The summed E-state index contributed by atoms with van der Waals surface area (Å²) in [6.07, 6.45) is 1.60. The van der Waals surface area contributed by atoms with Crippen LogP contribution in [0.4, 0.5) is 5.69 Å². The number of hydrogen-bond acceptors (Lipinski definition) is 8. The van der Waals surface area contributed by atoms with Crippen LogP contribution in [0.2, 0.25) is 0 Å². The number of aromatic nitrogens is 2. The van der Waals surface area contributed by atoms with E-state index in [9.17, 15) is 9.59 Å². The van der Waals surface area contributed by atoms with E-state index in [1.165, 1.54) is 0 Å². The number of carbonyl (C=O) groups excluding carboxylic acids is 2. The van der Waals surface area contributed by atoms with E-state index in [1.54, 1.807) is 18.3 Å². The molecule has 2 aromatic carbocycles. The maximum atomic E-state index is 13.5. The summed E-state index contributed by atoms with van der Waals surface area (Å²) in [4.78, 5) is 37.7. The van der Waals surface area contributed by atoms with Gasteiger partial charge in [0.15, 0.2) is 0 Å². The predicted octanol–water partition coefficient (Wildman–Crippen LogP) is 5.49. The molecule has 2 amide bonds. The average molecular weight is 586 g/mol. The molecule has 0 aliphatic carbocycles. The van der Waals surface area contributed by atoms with Crippen LogP contribution >= 0.6 is 11.3 Å². The van der Waals surface area contributed by atoms with E-state index >= 15 is 0 Å². The molecule has 0 radical (unpaired) electrons. The van der Waals surface area contributed by atoms with E-state index in [1.807, 2.05) is 70.6 Å². The topological polar surface area (TPSA) is 92.0 Å². The van der Waals surface area contributed by atoms with E-state index in [4.69, 9.17) is 14.2 Å². The first-order chi connectivity index (χ1) is 20.5. The van der Waals surface area contributed by atoms with Crippen molar-refractivity contribution in [1.82, 2.24) is 19.9 Å². The van der Waals surface area contributed by atoms with E-state index in [0.717, 1.165) is 47.9 Å². The van der Waals surface area contributed by atoms with Crippen LogP contribution in [0.25, 0.3) is 11.3 Å². The van der Waals surface area contributed by atoms with Gasteiger partial charge < -0.3 is 24.0 Å². The molecule has 10 heteroatoms. The minimum atomic E-state index is -0.0518. The summed E-state index contributed by atoms with van der Waals surface area (Å²) in [5.41, 5.74) is 3.57. The molecule has 0 N–H and O–H groups in total. The Kier molecular flexibility index (Phi) is 8.23. The third-order valence-electron chi connectivity index (χ3n) is 8.07. The molecule has 6 rings (SSSR count). The van der Waals surface area contributed by atoms with E-state index in [2.05, 4.69) is 16.1 Å². The van der Waals surface area contributed by atoms with Crippen LogP contribution in [0.5, 0.6) is 5.75 Å². The summed E-state index contributed by atoms with van der Waals surface area (Å²) in [5, 5.41) is 7.04. The highest BCUT2D eigenvalue weighted by atomic mass is 32.1. The molecular weight excluding hydrogens is 550 g/mol. The molecule has 4 aromatic rings. The quantitative estimate of drug-likeness (QED) is 0.283. The van der Waals surface area contributed by atoms with Gasteiger partial charge in [0.05, 0.1) is 17.3 Å². The third-order valence-corrected chi connectivity index (χ3v) is 9.08. The van der Waals surface area contributed by atoms with Gasteiger partial charge in [-0.3, -0.25) is 9.59 Å². The van der Waals surface area contributed by atoms with Crippen molar-refractivity contribution in [3.63, 3.8) is 0 Å². The molecule has 218 valence electrons. The summed E-state index contributed by atoms with van der Waals surface area (Å²) < 4.78 is 11.2. The fraction of sp³-hybridized carbons (Fsp3) is 0.375. The SMILES string of the molecule is CCOc1ccccc1N1CCN(C(=O)c2csc(C3CCN(C(=O)c4c(-c5ccccc5)noc4C)CC3)n2)CC1. The second-order valence-corrected chi connectivity index (χ2v) is 11.5. The van der Waals surface area contributed by atoms with Crippen molar-refractivity contribution < 1.29 is 18.8 Å². The fourth-order valence-electron chi connectivity index (χ4n) is 5.79. The highest BCUT2D eigenvalue weighted by Crippen LogP contribution is 2.33. The van der Waals surface area contributed by atoms with Gasteiger partial charge in [0, 0.05) is 56.1 Å². The van der Waals surface area contributed by atoms with Gasteiger partial charge in [0.1, 0.15) is 28.5 Å². The molecule has 4 heterocycles. The summed E-state index contributed by atoms with van der Waals surface area (Å²) >= 11 is 1.55. The number of hydrogen-bond donors (Lipinski definition) is 0. The first-order valence-electron chi connectivity index (χ1n) is 14.6. The third kappa shape index (κ3) is 5.63. The molecule has 2 aliphatic heterocycles. The zero-order valence-electron chi connectivity index (χ0n) is 24.0. The van der Waals surface area contributed by atoms with E-state index in [-0.39, 0.29) is 17.7 Å². The maximum Gasteiger partial charge on any atom is 0.273 e. The number of anilines is 1. The number of nitrogens with zero attached hydrogens (tertiary/aromatic N) is 5. The van der Waals surface area contributed by atoms with E-state index < -0.39 is 0 Å². The summed E-state index contributed by atoms with van der Waals surface area (Å²) in [6.45, 7) is 8.40. The van der Waals surface area contributed by atoms with Crippen LogP contribution < -0.4 is 9.64 Å². The molecule has 0 spiro atoms. The fourth-order valence-corrected chi connectivity index (χ4v) is 6.75. The van der Waals surface area contributed by atoms with Crippen LogP contribution in [0.3, 0.4) is 0 Å². The maximum absolute atomic E-state index is 13.5. The van der Waals surface area contributed by atoms with Crippen molar-refractivity contribution in [2.75, 3.05) is 50.8 Å². The molecule has 2 aromatic heterocycles. The zero-order valence-corrected chi connectivity index (χ0v) is 24.8. The molecule has 2 saturated heterocycles. The minimum absolute atomic E-state index is 0.0146. The standard InChI is InChI=1S/C32H35N5O4S/c1-3-40-27-12-8-7-11-26(27)35-17-19-37(20-18-35)31(38)25-21-42-30(33-25)24-13-15-36(16-14-24)32(39)28-22(2)41-34-29(28)23-9-5-4-6-10-23/h4-12,21,24H,3,13-20H2,1-2H3. The summed E-state index contributed by atoms with van der Waals surface area (Å²) in [7, 11) is 0. The van der Waals surface area contributed by atoms with Crippen LogP contribution in [0.1, 0.15) is 57.3 Å². The molecule has 0 bridgehead atoms. The molecule has 2 fully saturated rings. The van der Waals surface area contributed by atoms with Gasteiger partial charge in [-0.2, -0.15) is 0 Å². The molecule has 9 nitrogen and oxygen atoms in total. The lowest BCUT2D eigenvalue weighted by atomic mass is 9.96. The smallest absolute Gasteiger partial charge is 0.273 e. The van der Waals surface area contributed by atoms with Gasteiger partial charge in [-0.05, 0) is 38.8 Å². The van der Waals surface area contributed by atoms with Gasteiger partial charge in [-0.1, -0.05) is 47.6 Å². The average Bonchev–Trinajstić information content (AvgIpc) is 3.69. The first-order valence-corrected chi connectivity index (χ1v) is 15.4. The Morgan fingerprint density at radius 2 is 1.62 bits per heavy atom. The second kappa shape index (κ2) is 12.4. The molecule has 0 unspecified atom stereocenters. The monoisotopic (exact) mass is 585 g/mol. The predicted molar refractivity (Wildman–Crippen MR) is 162 cm³/mol. The molecule has 0 saturated carbocycles. The number of likely N-dealkylation sites (tertiary alicyclic amines) is 1. The Morgan fingerprint density at radius 3 is 2.36 bits per heavy atom. The number of amides is 2. The van der Waals surface area contributed by atoms with E-state index in [0.29, 0.717) is 55.5 Å². The number of carbonyl (C=O) groups is 2. The number of piperazine rings is 1. The van der Waals surface area contributed by atoms with Crippen molar-refractivity contribution in [1.29, 1.82) is 0 Å². The van der Waals surface area contributed by atoms with Gasteiger partial charge in [0.2, 0.25) is 0 Å². The molecule has 0 atom stereocenters. The Bertz CT molecular complexity index is 1540. The lowest BCUT2D eigenvalue weighted by Gasteiger charge is -2.36. The van der Waals surface area contributed by atoms with Crippen LogP contribution in [0, 0.1) is 6.92 Å². The lowest BCUT2D eigenvalue weighted by molar-refractivity contribution is 0.0711. The van der Waals surface area contributed by atoms with Crippen LogP contribution in [0.15, 0.2) is 64.5 Å². The number of aryl methyl sites for hydroxylation is 1. The van der Waals surface area contributed by atoms with Crippen molar-refractivity contribution in [3.8, 4) is 17.0 Å². The molecule has 42 heavy (non-hydrogen) atoms. The Morgan fingerprint density at radius 1 is 0.929 bits per heavy atom. The number of ether oxygens (including phenoxy) is 1. The van der Waals surface area contributed by atoms with Crippen LogP contribution in [-0.2, 0) is 0 Å². The largest absolute Gasteiger partial charge is 0.492 e. The first kappa shape index (κ1) is 28.0. The number of thiazole rings is 1. The number of para-hydroxylation sites is 2. The minimum Gasteiger partial charge on any atom is -0.492 e. The molecule has 2 aliphatic rings. The van der Waals surface area contributed by atoms with Crippen molar-refractivity contribution >= 4 is 28.8 Å². The highest BCUT2D eigenvalue weighted by Gasteiger charge is 2.32. The number of benzene rings is 2. The van der Waals surface area contributed by atoms with Crippen molar-refractivity contribution in [2.45, 2.75) is 32.6 Å². The normalized spacial score (nSPS) is 16.1. The van der Waals surface area contributed by atoms with Crippen molar-refractivity contribution in [3.05, 3.63) is 82.0 Å². The van der Waals surface area contributed by atoms with Gasteiger partial charge >= 0.3 is 0 Å². The van der Waals surface area contributed by atoms with Gasteiger partial charge in [-0.25, -0.2) is 4.98 Å². The van der Waals surface area contributed by atoms with Gasteiger partial charge in [0.25, 0.3) is 11.8 Å². The Balaban J connectivity index is 1.05. The summed E-state index contributed by atoms with van der Waals surface area (Å²) in [5.74, 6) is 1.57. The van der Waals surface area contributed by atoms with Gasteiger partial charge in [-0.15, -0.1) is 11.3 Å². The number of rotatable bonds is 7. The van der Waals surface area contributed by atoms with Crippen LogP contribution in [-0.4, -0.2) is 77.6 Å². The Labute approximate surface area is 249 Å². The molecular formula is C32H35N5O4S. The highest BCUT2D eigenvalue weighted by molar-refractivity contribution is 7.09. The Hall–Kier alpha value is -4.18. The second-order valence-electron chi connectivity index (χ2n) is 10.6. The van der Waals surface area contributed by atoms with Crippen molar-refractivity contribution in [2.24, 2.45) is 0 Å².